The van der Waals surface area contributed by atoms with Crippen molar-refractivity contribution in [1.29, 1.82) is 0 Å². The Labute approximate surface area is 200 Å². The van der Waals surface area contributed by atoms with E-state index in [4.69, 9.17) is 11.6 Å². The summed E-state index contributed by atoms with van der Waals surface area (Å²) in [7, 11) is 0. The third kappa shape index (κ3) is 7.61. The van der Waals surface area contributed by atoms with Crippen LogP contribution < -0.4 is 11.0 Å². The van der Waals surface area contributed by atoms with Crippen molar-refractivity contribution in [2.45, 2.75) is 44.3 Å². The molecule has 0 saturated heterocycles. The fourth-order valence-electron chi connectivity index (χ4n) is 3.34. The summed E-state index contributed by atoms with van der Waals surface area (Å²) in [6, 6.07) is 11.8. The van der Waals surface area contributed by atoms with Gasteiger partial charge in [-0.3, -0.25) is 9.36 Å². The first-order valence-electron chi connectivity index (χ1n) is 10.2. The molecule has 1 atom stereocenters. The standard InChI is InChI=1S/C22H19ClF6N4O2/c23-16-8-6-15(7-9-16)19-31-33(20(35)32(19)11-10-21(24,25)26)13-18(34)30-17(12-22(27,28)29)14-4-2-1-3-5-14/h1-9,17H,10-13H2,(H,30,34). The predicted molar refractivity (Wildman–Crippen MR) is 116 cm³/mol. The number of amides is 1. The first kappa shape index (κ1) is 26.3. The monoisotopic (exact) mass is 520 g/mol. The summed E-state index contributed by atoms with van der Waals surface area (Å²) in [5.41, 5.74) is -0.545. The Morgan fingerprint density at radius 2 is 1.60 bits per heavy atom. The normalized spacial score (nSPS) is 13.0. The summed E-state index contributed by atoms with van der Waals surface area (Å²) in [5.74, 6) is -1.10. The molecule has 13 heteroatoms. The summed E-state index contributed by atoms with van der Waals surface area (Å²) in [4.78, 5) is 25.3. The summed E-state index contributed by atoms with van der Waals surface area (Å²) < 4.78 is 79.0. The molecule has 1 N–H and O–H groups in total. The van der Waals surface area contributed by atoms with Crippen LogP contribution in [-0.2, 0) is 17.9 Å². The maximum Gasteiger partial charge on any atom is 0.391 e. The van der Waals surface area contributed by atoms with Gasteiger partial charge in [0.25, 0.3) is 0 Å². The molecule has 1 unspecified atom stereocenters. The molecule has 0 radical (unpaired) electrons. The molecule has 0 aliphatic heterocycles. The van der Waals surface area contributed by atoms with E-state index >= 15 is 0 Å². The largest absolute Gasteiger partial charge is 0.391 e. The van der Waals surface area contributed by atoms with Gasteiger partial charge in [0, 0.05) is 17.1 Å². The van der Waals surface area contributed by atoms with Crippen LogP contribution in [0.5, 0.6) is 0 Å². The third-order valence-corrected chi connectivity index (χ3v) is 5.16. The maximum absolute atomic E-state index is 13.1. The average molecular weight is 521 g/mol. The van der Waals surface area contributed by atoms with Crippen LogP contribution in [0.2, 0.25) is 5.02 Å². The van der Waals surface area contributed by atoms with Gasteiger partial charge >= 0.3 is 18.0 Å². The summed E-state index contributed by atoms with van der Waals surface area (Å²) >= 11 is 5.83. The summed E-state index contributed by atoms with van der Waals surface area (Å²) in [6.45, 7) is -1.55. The van der Waals surface area contributed by atoms with E-state index in [1.54, 1.807) is 6.07 Å². The number of benzene rings is 2. The van der Waals surface area contributed by atoms with Gasteiger partial charge in [-0.15, -0.1) is 5.10 Å². The highest BCUT2D eigenvalue weighted by Gasteiger charge is 2.34. The molecule has 35 heavy (non-hydrogen) atoms. The molecule has 0 spiro atoms. The molecule has 0 aliphatic rings. The lowest BCUT2D eigenvalue weighted by Gasteiger charge is -2.20. The number of carbonyl (C=O) groups excluding carboxylic acids is 1. The van der Waals surface area contributed by atoms with Crippen molar-refractivity contribution < 1.29 is 31.1 Å². The van der Waals surface area contributed by atoms with Gasteiger partial charge < -0.3 is 5.32 Å². The second-order valence-corrected chi connectivity index (χ2v) is 8.07. The number of alkyl halides is 6. The number of aromatic nitrogens is 3. The fraction of sp³-hybridized carbons (Fsp3) is 0.318. The number of halogens is 7. The van der Waals surface area contributed by atoms with Crippen LogP contribution in [0.3, 0.4) is 0 Å². The minimum absolute atomic E-state index is 0.140. The Morgan fingerprint density at radius 3 is 2.17 bits per heavy atom. The summed E-state index contributed by atoms with van der Waals surface area (Å²) in [6.07, 6.45) is -11.8. The van der Waals surface area contributed by atoms with Crippen LogP contribution in [0.4, 0.5) is 26.3 Å². The van der Waals surface area contributed by atoms with Crippen molar-refractivity contribution in [2.75, 3.05) is 0 Å². The highest BCUT2D eigenvalue weighted by Crippen LogP contribution is 2.29. The number of hydrogen-bond donors (Lipinski definition) is 1. The number of rotatable bonds is 8. The van der Waals surface area contributed by atoms with Gasteiger partial charge in [0.15, 0.2) is 5.82 Å². The Bertz CT molecular complexity index is 1200. The molecule has 3 rings (SSSR count). The zero-order valence-corrected chi connectivity index (χ0v) is 18.7. The van der Waals surface area contributed by atoms with Crippen LogP contribution in [0, 0.1) is 0 Å². The molecule has 1 amide bonds. The van der Waals surface area contributed by atoms with E-state index in [2.05, 4.69) is 10.4 Å². The molecular formula is C22H19ClF6N4O2. The van der Waals surface area contributed by atoms with Crippen molar-refractivity contribution in [1.82, 2.24) is 19.7 Å². The molecular weight excluding hydrogens is 502 g/mol. The van der Waals surface area contributed by atoms with Crippen molar-refractivity contribution in [3.63, 3.8) is 0 Å². The molecule has 3 aromatic rings. The molecule has 1 heterocycles. The fourth-order valence-corrected chi connectivity index (χ4v) is 3.47. The molecule has 0 bridgehead atoms. The summed E-state index contributed by atoms with van der Waals surface area (Å²) in [5, 5.41) is 6.55. The second kappa shape index (κ2) is 10.5. The van der Waals surface area contributed by atoms with Gasteiger partial charge in [-0.1, -0.05) is 41.9 Å². The predicted octanol–water partition coefficient (Wildman–Crippen LogP) is 5.13. The highest BCUT2D eigenvalue weighted by molar-refractivity contribution is 6.30. The van der Waals surface area contributed by atoms with Gasteiger partial charge in [0.05, 0.1) is 18.9 Å². The zero-order chi connectivity index (χ0) is 25.8. The molecule has 0 aliphatic carbocycles. The molecule has 2 aromatic carbocycles. The van der Waals surface area contributed by atoms with Crippen LogP contribution in [0.15, 0.2) is 59.4 Å². The average Bonchev–Trinajstić information content (AvgIpc) is 3.06. The third-order valence-electron chi connectivity index (χ3n) is 4.91. The minimum Gasteiger partial charge on any atom is -0.347 e. The van der Waals surface area contributed by atoms with E-state index in [1.807, 2.05) is 0 Å². The number of hydrogen-bond acceptors (Lipinski definition) is 3. The second-order valence-electron chi connectivity index (χ2n) is 7.64. The van der Waals surface area contributed by atoms with Gasteiger partial charge in [0.1, 0.15) is 6.54 Å². The van der Waals surface area contributed by atoms with Crippen molar-refractivity contribution in [2.24, 2.45) is 0 Å². The lowest BCUT2D eigenvalue weighted by Crippen LogP contribution is -2.37. The van der Waals surface area contributed by atoms with Crippen LogP contribution in [0.1, 0.15) is 24.4 Å². The number of nitrogens with one attached hydrogen (secondary N) is 1. The SMILES string of the molecule is O=C(Cn1nc(-c2ccc(Cl)cc2)n(CCC(F)(F)F)c1=O)NC(CC(F)(F)F)c1ccccc1. The molecule has 188 valence electrons. The van der Waals surface area contributed by atoms with Crippen molar-refractivity contribution in [3.05, 3.63) is 75.7 Å². The number of nitrogens with zero attached hydrogens (tertiary/aromatic N) is 3. The van der Waals surface area contributed by atoms with Crippen molar-refractivity contribution in [3.8, 4) is 11.4 Å². The first-order valence-corrected chi connectivity index (χ1v) is 10.6. The van der Waals surface area contributed by atoms with Crippen molar-refractivity contribution >= 4 is 17.5 Å². The van der Waals surface area contributed by atoms with E-state index in [-0.39, 0.29) is 17.0 Å². The lowest BCUT2D eigenvalue weighted by atomic mass is 10.0. The van der Waals surface area contributed by atoms with E-state index in [9.17, 15) is 35.9 Å². The molecule has 1 aromatic heterocycles. The van der Waals surface area contributed by atoms with Crippen LogP contribution >= 0.6 is 11.6 Å². The highest BCUT2D eigenvalue weighted by atomic mass is 35.5. The smallest absolute Gasteiger partial charge is 0.347 e. The van der Waals surface area contributed by atoms with E-state index < -0.39 is 55.9 Å². The molecule has 0 saturated carbocycles. The lowest BCUT2D eigenvalue weighted by molar-refractivity contribution is -0.143. The van der Waals surface area contributed by atoms with E-state index in [0.717, 1.165) is 4.57 Å². The van der Waals surface area contributed by atoms with Gasteiger partial charge in [0.2, 0.25) is 5.91 Å². The Balaban J connectivity index is 1.88. The minimum atomic E-state index is -4.59. The van der Waals surface area contributed by atoms with Crippen LogP contribution in [-0.4, -0.2) is 32.6 Å². The topological polar surface area (TPSA) is 68.9 Å². The zero-order valence-electron chi connectivity index (χ0n) is 17.9. The van der Waals surface area contributed by atoms with Gasteiger partial charge in [-0.25, -0.2) is 9.48 Å². The quantitative estimate of drug-likeness (QED) is 0.419. The maximum atomic E-state index is 13.1. The Hall–Kier alpha value is -3.28. The van der Waals surface area contributed by atoms with Gasteiger partial charge in [-0.05, 0) is 29.8 Å². The molecule has 6 nitrogen and oxygen atoms in total. The van der Waals surface area contributed by atoms with E-state index in [0.29, 0.717) is 9.70 Å². The van der Waals surface area contributed by atoms with E-state index in [1.165, 1.54) is 48.5 Å². The van der Waals surface area contributed by atoms with Crippen LogP contribution in [0.25, 0.3) is 11.4 Å². The molecule has 0 fully saturated rings. The Kier molecular flexibility index (Phi) is 7.93. The van der Waals surface area contributed by atoms with Gasteiger partial charge in [-0.2, -0.15) is 26.3 Å². The Morgan fingerprint density at radius 1 is 0.971 bits per heavy atom. The number of carbonyl (C=O) groups is 1. The first-order chi connectivity index (χ1) is 16.3.